The molecule has 0 spiro atoms. The van der Waals surface area contributed by atoms with E-state index in [4.69, 9.17) is 10.8 Å². The molecule has 0 fully saturated rings. The topological polar surface area (TPSA) is 46.2 Å². The second-order valence-corrected chi connectivity index (χ2v) is 3.49. The molecular formula is C10H15NO. The van der Waals surface area contributed by atoms with Crippen LogP contribution in [0.5, 0.6) is 5.75 Å². The minimum Gasteiger partial charge on any atom is -0.506 e. The van der Waals surface area contributed by atoms with E-state index in [9.17, 15) is 0 Å². The zero-order chi connectivity index (χ0) is 9.14. The predicted octanol–water partition coefficient (Wildman–Crippen LogP) is 2.17. The molecule has 2 heteroatoms. The van der Waals surface area contributed by atoms with Crippen molar-refractivity contribution in [3.8, 4) is 5.75 Å². The summed E-state index contributed by atoms with van der Waals surface area (Å²) >= 11 is 0. The summed E-state index contributed by atoms with van der Waals surface area (Å²) in [5, 5.41) is 9.15. The number of phenolic OH excluding ortho intramolecular Hbond substituents is 1. The minimum absolute atomic E-state index is 0.169. The van der Waals surface area contributed by atoms with Gasteiger partial charge in [0.15, 0.2) is 0 Å². The molecule has 12 heavy (non-hydrogen) atoms. The summed E-state index contributed by atoms with van der Waals surface area (Å²) in [6, 6.07) is 5.38. The molecule has 0 aromatic heterocycles. The number of hydrogen-bond donors (Lipinski definition) is 2. The Morgan fingerprint density at radius 3 is 2.58 bits per heavy atom. The second kappa shape index (κ2) is 3.48. The number of aromatic hydroxyl groups is 1. The van der Waals surface area contributed by atoms with Gasteiger partial charge in [0.05, 0.1) is 5.69 Å². The third kappa shape index (κ3) is 2.16. The van der Waals surface area contributed by atoms with E-state index in [1.54, 1.807) is 6.07 Å². The van der Waals surface area contributed by atoms with E-state index in [0.29, 0.717) is 11.6 Å². The van der Waals surface area contributed by atoms with Gasteiger partial charge in [-0.25, -0.2) is 0 Å². The molecule has 0 heterocycles. The molecule has 3 N–H and O–H groups in total. The highest BCUT2D eigenvalue weighted by Gasteiger charge is 2.00. The van der Waals surface area contributed by atoms with E-state index in [1.165, 1.54) is 5.56 Å². The van der Waals surface area contributed by atoms with Crippen molar-refractivity contribution in [1.29, 1.82) is 0 Å². The van der Waals surface area contributed by atoms with Crippen LogP contribution in [0.4, 0.5) is 5.69 Å². The maximum Gasteiger partial charge on any atom is 0.138 e. The van der Waals surface area contributed by atoms with Crippen molar-refractivity contribution >= 4 is 5.69 Å². The first-order chi connectivity index (χ1) is 5.59. The molecule has 0 aliphatic rings. The summed E-state index contributed by atoms with van der Waals surface area (Å²) in [7, 11) is 0. The summed E-state index contributed by atoms with van der Waals surface area (Å²) < 4.78 is 0. The Bertz CT molecular complexity index is 269. The van der Waals surface area contributed by atoms with Gasteiger partial charge in [-0.1, -0.05) is 19.9 Å². The van der Waals surface area contributed by atoms with Gasteiger partial charge in [-0.2, -0.15) is 0 Å². The maximum atomic E-state index is 9.15. The van der Waals surface area contributed by atoms with Crippen LogP contribution in [0.3, 0.4) is 0 Å². The summed E-state index contributed by atoms with van der Waals surface area (Å²) in [6.07, 6.45) is 1.00. The lowest BCUT2D eigenvalue weighted by molar-refractivity contribution is 0.477. The number of phenols is 1. The highest BCUT2D eigenvalue weighted by Crippen LogP contribution is 2.21. The van der Waals surface area contributed by atoms with Gasteiger partial charge in [-0.15, -0.1) is 0 Å². The lowest BCUT2D eigenvalue weighted by Gasteiger charge is -2.06. The van der Waals surface area contributed by atoms with E-state index in [-0.39, 0.29) is 5.75 Å². The minimum atomic E-state index is 0.169. The summed E-state index contributed by atoms with van der Waals surface area (Å²) in [5.74, 6) is 0.788. The van der Waals surface area contributed by atoms with Crippen LogP contribution in [-0.2, 0) is 6.42 Å². The van der Waals surface area contributed by atoms with E-state index >= 15 is 0 Å². The molecule has 1 aromatic carbocycles. The lowest BCUT2D eigenvalue weighted by atomic mass is 10.0. The number of nitrogen functional groups attached to an aromatic ring is 1. The fourth-order valence-corrected chi connectivity index (χ4v) is 1.20. The Hall–Kier alpha value is -1.18. The van der Waals surface area contributed by atoms with Crippen LogP contribution < -0.4 is 5.73 Å². The zero-order valence-corrected chi connectivity index (χ0v) is 7.54. The largest absolute Gasteiger partial charge is 0.506 e. The summed E-state index contributed by atoms with van der Waals surface area (Å²) in [4.78, 5) is 0. The van der Waals surface area contributed by atoms with Gasteiger partial charge >= 0.3 is 0 Å². The molecule has 1 aromatic rings. The SMILES string of the molecule is CC(C)Cc1ccc(O)c(N)c1. The molecule has 0 unspecified atom stereocenters. The predicted molar refractivity (Wildman–Crippen MR) is 51.1 cm³/mol. The van der Waals surface area contributed by atoms with Crippen LogP contribution >= 0.6 is 0 Å². The third-order valence-electron chi connectivity index (χ3n) is 1.74. The van der Waals surface area contributed by atoms with E-state index in [1.807, 2.05) is 12.1 Å². The molecule has 0 aliphatic carbocycles. The van der Waals surface area contributed by atoms with Crippen molar-refractivity contribution in [3.05, 3.63) is 23.8 Å². The van der Waals surface area contributed by atoms with Crippen molar-refractivity contribution in [3.63, 3.8) is 0 Å². The first-order valence-corrected chi connectivity index (χ1v) is 4.17. The van der Waals surface area contributed by atoms with Crippen LogP contribution in [0.1, 0.15) is 19.4 Å². The van der Waals surface area contributed by atoms with Crippen LogP contribution in [0.2, 0.25) is 0 Å². The van der Waals surface area contributed by atoms with Crippen molar-refractivity contribution in [2.24, 2.45) is 5.92 Å². The first kappa shape index (κ1) is 8.91. The van der Waals surface area contributed by atoms with Crippen LogP contribution in [0, 0.1) is 5.92 Å². The quantitative estimate of drug-likeness (QED) is 0.521. The van der Waals surface area contributed by atoms with Gasteiger partial charge in [-0.05, 0) is 30.0 Å². The molecule has 0 saturated carbocycles. The number of benzene rings is 1. The smallest absolute Gasteiger partial charge is 0.138 e. The molecule has 0 atom stereocenters. The second-order valence-electron chi connectivity index (χ2n) is 3.49. The van der Waals surface area contributed by atoms with Gasteiger partial charge in [0, 0.05) is 0 Å². The van der Waals surface area contributed by atoms with Crippen molar-refractivity contribution in [2.45, 2.75) is 20.3 Å². The van der Waals surface area contributed by atoms with Gasteiger partial charge in [0.2, 0.25) is 0 Å². The van der Waals surface area contributed by atoms with Gasteiger partial charge < -0.3 is 10.8 Å². The molecule has 0 aliphatic heterocycles. The molecule has 2 nitrogen and oxygen atoms in total. The monoisotopic (exact) mass is 165 g/mol. The number of rotatable bonds is 2. The molecular weight excluding hydrogens is 150 g/mol. The highest BCUT2D eigenvalue weighted by atomic mass is 16.3. The third-order valence-corrected chi connectivity index (χ3v) is 1.74. The van der Waals surface area contributed by atoms with Gasteiger partial charge in [-0.3, -0.25) is 0 Å². The Labute approximate surface area is 73.0 Å². The van der Waals surface area contributed by atoms with Crippen molar-refractivity contribution in [1.82, 2.24) is 0 Å². The van der Waals surface area contributed by atoms with Gasteiger partial charge in [0.25, 0.3) is 0 Å². The standard InChI is InChI=1S/C10H15NO/c1-7(2)5-8-3-4-10(12)9(11)6-8/h3-4,6-7,12H,5,11H2,1-2H3. The average molecular weight is 165 g/mol. The van der Waals surface area contributed by atoms with Crippen LogP contribution in [-0.4, -0.2) is 5.11 Å². The normalized spacial score (nSPS) is 10.6. The van der Waals surface area contributed by atoms with Gasteiger partial charge in [0.1, 0.15) is 5.75 Å². The number of nitrogens with two attached hydrogens (primary N) is 1. The van der Waals surface area contributed by atoms with Crippen molar-refractivity contribution < 1.29 is 5.11 Å². The van der Waals surface area contributed by atoms with Crippen LogP contribution in [0.15, 0.2) is 18.2 Å². The fourth-order valence-electron chi connectivity index (χ4n) is 1.20. The average Bonchev–Trinajstić information content (AvgIpc) is 1.96. The Kier molecular flexibility index (Phi) is 2.58. The summed E-state index contributed by atoms with van der Waals surface area (Å²) in [6.45, 7) is 4.31. The number of hydrogen-bond acceptors (Lipinski definition) is 2. The lowest BCUT2D eigenvalue weighted by Crippen LogP contribution is -1.95. The van der Waals surface area contributed by atoms with E-state index < -0.39 is 0 Å². The molecule has 0 radical (unpaired) electrons. The molecule has 66 valence electrons. The molecule has 0 bridgehead atoms. The van der Waals surface area contributed by atoms with E-state index in [0.717, 1.165) is 6.42 Å². The first-order valence-electron chi connectivity index (χ1n) is 4.17. The van der Waals surface area contributed by atoms with Crippen LogP contribution in [0.25, 0.3) is 0 Å². The Balaban J connectivity index is 2.82. The fraction of sp³-hybridized carbons (Fsp3) is 0.400. The molecule has 0 saturated heterocycles. The van der Waals surface area contributed by atoms with Crippen molar-refractivity contribution in [2.75, 3.05) is 5.73 Å². The molecule has 1 rings (SSSR count). The number of anilines is 1. The highest BCUT2D eigenvalue weighted by molar-refractivity contribution is 5.53. The Morgan fingerprint density at radius 2 is 2.08 bits per heavy atom. The zero-order valence-electron chi connectivity index (χ0n) is 7.54. The summed E-state index contributed by atoms with van der Waals surface area (Å²) in [5.41, 5.74) is 7.19. The van der Waals surface area contributed by atoms with E-state index in [2.05, 4.69) is 13.8 Å². The Morgan fingerprint density at radius 1 is 1.42 bits per heavy atom. The molecule has 0 amide bonds. The maximum absolute atomic E-state index is 9.15.